The van der Waals surface area contributed by atoms with E-state index >= 15 is 0 Å². The molecule has 0 aliphatic heterocycles. The maximum absolute atomic E-state index is 2.49. The highest BCUT2D eigenvalue weighted by Crippen LogP contribution is 2.62. The highest BCUT2D eigenvalue weighted by molar-refractivity contribution is 5.31. The van der Waals surface area contributed by atoms with Gasteiger partial charge in [0.15, 0.2) is 0 Å². The molecular weight excluding hydrogens is 336 g/mol. The van der Waals surface area contributed by atoms with Gasteiger partial charge in [0.2, 0.25) is 0 Å². The minimum Gasteiger partial charge on any atom is -0.0654 e. The van der Waals surface area contributed by atoms with E-state index in [9.17, 15) is 0 Å². The van der Waals surface area contributed by atoms with Crippen LogP contribution in [0.3, 0.4) is 0 Å². The summed E-state index contributed by atoms with van der Waals surface area (Å²) in [7, 11) is 0. The molecule has 0 spiro atoms. The Labute approximate surface area is 174 Å². The second kappa shape index (κ2) is 8.93. The maximum atomic E-state index is 2.49. The lowest BCUT2D eigenvalue weighted by Crippen LogP contribution is -2.48. The number of rotatable bonds is 8. The quantitative estimate of drug-likeness (QED) is 0.396. The average molecular weight is 381 g/mol. The fourth-order valence-corrected chi connectivity index (χ4v) is 7.32. The van der Waals surface area contributed by atoms with Crippen molar-refractivity contribution >= 4 is 0 Å². The van der Waals surface area contributed by atoms with Gasteiger partial charge in [-0.1, -0.05) is 83.1 Å². The number of unbranched alkanes of at least 4 members (excludes halogenated alkanes) is 2. The van der Waals surface area contributed by atoms with Crippen molar-refractivity contribution in [2.24, 2.45) is 17.3 Å². The molecule has 0 nitrogen and oxygen atoms in total. The summed E-state index contributed by atoms with van der Waals surface area (Å²) in [5.74, 6) is 2.12. The van der Waals surface area contributed by atoms with Gasteiger partial charge in [-0.2, -0.15) is 0 Å². The van der Waals surface area contributed by atoms with E-state index in [2.05, 4.69) is 38.1 Å². The largest absolute Gasteiger partial charge is 0.0654 e. The summed E-state index contributed by atoms with van der Waals surface area (Å²) < 4.78 is 0. The lowest BCUT2D eigenvalue weighted by Gasteiger charge is -2.58. The van der Waals surface area contributed by atoms with E-state index in [4.69, 9.17) is 0 Å². The zero-order chi connectivity index (χ0) is 19.5. The first kappa shape index (κ1) is 20.5. The van der Waals surface area contributed by atoms with Crippen LogP contribution in [0.15, 0.2) is 24.3 Å². The van der Waals surface area contributed by atoms with Crippen molar-refractivity contribution < 1.29 is 0 Å². The molecule has 5 rings (SSSR count). The summed E-state index contributed by atoms with van der Waals surface area (Å²) in [6.07, 6.45) is 23.5. The van der Waals surface area contributed by atoms with Crippen LogP contribution in [0, 0.1) is 17.3 Å². The summed E-state index contributed by atoms with van der Waals surface area (Å²) in [4.78, 5) is 0. The van der Waals surface area contributed by atoms with Crippen LogP contribution < -0.4 is 0 Å². The second-order valence-electron chi connectivity index (χ2n) is 10.8. The Hall–Kier alpha value is -0.780. The normalized spacial score (nSPS) is 35.2. The van der Waals surface area contributed by atoms with Gasteiger partial charge in [0, 0.05) is 0 Å². The third-order valence-corrected chi connectivity index (χ3v) is 9.34. The van der Waals surface area contributed by atoms with E-state index in [1.54, 1.807) is 31.2 Å². The monoisotopic (exact) mass is 380 g/mol. The van der Waals surface area contributed by atoms with Crippen molar-refractivity contribution in [3.8, 4) is 0 Å². The van der Waals surface area contributed by atoms with Crippen LogP contribution in [0.1, 0.15) is 121 Å². The molecule has 0 unspecified atom stereocenters. The predicted molar refractivity (Wildman–Crippen MR) is 122 cm³/mol. The topological polar surface area (TPSA) is 0 Å². The number of hydrogen-bond donors (Lipinski definition) is 0. The second-order valence-corrected chi connectivity index (χ2v) is 10.8. The molecule has 28 heavy (non-hydrogen) atoms. The first-order valence-corrected chi connectivity index (χ1v) is 12.8. The molecule has 0 N–H and O–H groups in total. The van der Waals surface area contributed by atoms with Crippen LogP contribution in [0.2, 0.25) is 0 Å². The molecule has 0 amide bonds. The minimum atomic E-state index is 0.532. The highest BCUT2D eigenvalue weighted by atomic mass is 14.6. The fraction of sp³-hybridized carbons (Fsp3) is 0.786. The van der Waals surface area contributed by atoms with E-state index < -0.39 is 0 Å². The van der Waals surface area contributed by atoms with Crippen LogP contribution >= 0.6 is 0 Å². The fourth-order valence-electron chi connectivity index (χ4n) is 7.32. The SMILES string of the molecule is CCCCC[C@H]1CC[C@H](C23CCC(c4ccc(CCC)cc4)(CC2)CC3)CC1. The Kier molecular flexibility index (Phi) is 6.53. The number of hydrogen-bond acceptors (Lipinski definition) is 0. The number of aryl methyl sites for hydroxylation is 1. The molecule has 0 radical (unpaired) electrons. The smallest absolute Gasteiger partial charge is 0.00463 e. The molecule has 1 aromatic rings. The zero-order valence-corrected chi connectivity index (χ0v) is 18.8. The lowest BCUT2D eigenvalue weighted by atomic mass is 9.47. The van der Waals surface area contributed by atoms with Gasteiger partial charge in [-0.15, -0.1) is 0 Å². The molecule has 0 aromatic heterocycles. The van der Waals surface area contributed by atoms with Gasteiger partial charge in [-0.3, -0.25) is 0 Å². The average Bonchev–Trinajstić information content (AvgIpc) is 2.76. The Morgan fingerprint density at radius 2 is 1.39 bits per heavy atom. The molecule has 4 fully saturated rings. The van der Waals surface area contributed by atoms with Crippen molar-refractivity contribution in [2.75, 3.05) is 0 Å². The molecule has 4 saturated carbocycles. The summed E-state index contributed by atoms with van der Waals surface area (Å²) in [5.41, 5.74) is 4.46. The molecule has 0 heteroatoms. The zero-order valence-electron chi connectivity index (χ0n) is 18.8. The highest BCUT2D eigenvalue weighted by Gasteiger charge is 2.52. The van der Waals surface area contributed by atoms with Gasteiger partial charge >= 0.3 is 0 Å². The molecular formula is C28H44. The van der Waals surface area contributed by atoms with Gasteiger partial charge in [0.05, 0.1) is 0 Å². The summed E-state index contributed by atoms with van der Waals surface area (Å²) >= 11 is 0. The van der Waals surface area contributed by atoms with Crippen LogP contribution in [-0.2, 0) is 11.8 Å². The van der Waals surface area contributed by atoms with Crippen LogP contribution in [0.4, 0.5) is 0 Å². The molecule has 156 valence electrons. The van der Waals surface area contributed by atoms with E-state index in [1.165, 1.54) is 82.6 Å². The lowest BCUT2D eigenvalue weighted by molar-refractivity contribution is -0.0294. The van der Waals surface area contributed by atoms with Gasteiger partial charge < -0.3 is 0 Å². The Morgan fingerprint density at radius 1 is 0.750 bits per heavy atom. The molecule has 2 bridgehead atoms. The van der Waals surface area contributed by atoms with Crippen LogP contribution in [0.5, 0.6) is 0 Å². The molecule has 0 heterocycles. The van der Waals surface area contributed by atoms with Gasteiger partial charge in [0.1, 0.15) is 0 Å². The van der Waals surface area contributed by atoms with E-state index in [0.29, 0.717) is 5.41 Å². The van der Waals surface area contributed by atoms with Crippen molar-refractivity contribution in [1.82, 2.24) is 0 Å². The Bertz CT molecular complexity index is 577. The predicted octanol–water partition coefficient (Wildman–Crippen LogP) is 8.62. The summed E-state index contributed by atoms with van der Waals surface area (Å²) in [5, 5.41) is 0. The molecule has 1 aromatic carbocycles. The minimum absolute atomic E-state index is 0.532. The maximum Gasteiger partial charge on any atom is -0.00463 e. The van der Waals surface area contributed by atoms with Gasteiger partial charge in [0.25, 0.3) is 0 Å². The van der Waals surface area contributed by atoms with Crippen molar-refractivity contribution in [3.05, 3.63) is 35.4 Å². The van der Waals surface area contributed by atoms with Crippen LogP contribution in [0.25, 0.3) is 0 Å². The Balaban J connectivity index is 1.33. The standard InChI is InChI=1S/C28H44/c1-3-5-6-8-24-11-15-26(16-12-24)28-20-17-27(18-21-28,19-22-28)25-13-9-23(7-4-2)10-14-25/h9-10,13-14,24,26H,3-8,11-12,15-22H2,1-2H3/t24-,26-,27?,28?. The molecule has 4 aliphatic rings. The number of fused-ring (bicyclic) bond motifs is 3. The van der Waals surface area contributed by atoms with Crippen molar-refractivity contribution in [3.63, 3.8) is 0 Å². The third-order valence-electron chi connectivity index (χ3n) is 9.34. The Morgan fingerprint density at radius 3 is 1.96 bits per heavy atom. The van der Waals surface area contributed by atoms with E-state index in [1.807, 2.05) is 0 Å². The summed E-state index contributed by atoms with van der Waals surface area (Å²) in [6.45, 7) is 4.62. The van der Waals surface area contributed by atoms with E-state index in [0.717, 1.165) is 17.3 Å². The van der Waals surface area contributed by atoms with Crippen molar-refractivity contribution in [1.29, 1.82) is 0 Å². The van der Waals surface area contributed by atoms with Gasteiger partial charge in [-0.05, 0) is 91.6 Å². The third kappa shape index (κ3) is 4.08. The van der Waals surface area contributed by atoms with Crippen molar-refractivity contribution in [2.45, 2.75) is 122 Å². The molecule has 4 aliphatic carbocycles. The van der Waals surface area contributed by atoms with Crippen LogP contribution in [-0.4, -0.2) is 0 Å². The van der Waals surface area contributed by atoms with E-state index in [-0.39, 0.29) is 0 Å². The molecule has 0 atom stereocenters. The molecule has 0 saturated heterocycles. The number of benzene rings is 1. The first-order valence-electron chi connectivity index (χ1n) is 12.8. The first-order chi connectivity index (χ1) is 13.7. The van der Waals surface area contributed by atoms with Gasteiger partial charge in [-0.25, -0.2) is 0 Å². The summed E-state index contributed by atoms with van der Waals surface area (Å²) in [6, 6.07) is 9.82.